The van der Waals surface area contributed by atoms with Gasteiger partial charge >= 0.3 is 0 Å². The summed E-state index contributed by atoms with van der Waals surface area (Å²) >= 11 is 0. The maximum absolute atomic E-state index is 12.8. The van der Waals surface area contributed by atoms with Crippen molar-refractivity contribution in [1.29, 1.82) is 0 Å². The van der Waals surface area contributed by atoms with E-state index in [1.54, 1.807) is 12.1 Å². The second-order valence-corrected chi connectivity index (χ2v) is 5.95. The molecule has 2 unspecified atom stereocenters. The molecular formula is C17H28FNO2. The summed E-state index contributed by atoms with van der Waals surface area (Å²) in [6.45, 7) is 7.88. The molecule has 0 bridgehead atoms. The zero-order valence-corrected chi connectivity index (χ0v) is 13.3. The van der Waals surface area contributed by atoms with Crippen LogP contribution in [0.4, 0.5) is 4.39 Å². The minimum absolute atomic E-state index is 0.0705. The van der Waals surface area contributed by atoms with Crippen LogP contribution in [0.5, 0.6) is 0 Å². The molecule has 120 valence electrons. The van der Waals surface area contributed by atoms with Gasteiger partial charge in [-0.05, 0) is 43.4 Å². The van der Waals surface area contributed by atoms with Crippen molar-refractivity contribution in [2.45, 2.75) is 45.8 Å². The Kier molecular flexibility index (Phi) is 8.50. The summed E-state index contributed by atoms with van der Waals surface area (Å²) in [5.74, 6) is 0.456. The lowest BCUT2D eigenvalue weighted by Crippen LogP contribution is -2.32. The van der Waals surface area contributed by atoms with E-state index >= 15 is 0 Å². The number of nitrogens with one attached hydrogen (secondary N) is 1. The molecule has 0 radical (unpaired) electrons. The lowest BCUT2D eigenvalue weighted by atomic mass is 10.1. The molecule has 2 N–H and O–H groups in total. The molecule has 1 aromatic carbocycles. The number of benzene rings is 1. The number of rotatable bonds is 10. The zero-order chi connectivity index (χ0) is 15.7. The smallest absolute Gasteiger partial charge is 0.123 e. The third-order valence-corrected chi connectivity index (χ3v) is 3.41. The van der Waals surface area contributed by atoms with Gasteiger partial charge in [-0.15, -0.1) is 0 Å². The molecule has 3 nitrogen and oxygen atoms in total. The minimum Gasteiger partial charge on any atom is -0.389 e. The molecule has 0 fully saturated rings. The number of hydrogen-bond donors (Lipinski definition) is 2. The third kappa shape index (κ3) is 8.15. The van der Waals surface area contributed by atoms with Crippen LogP contribution in [0.1, 0.15) is 45.2 Å². The van der Waals surface area contributed by atoms with Crippen molar-refractivity contribution in [1.82, 2.24) is 5.32 Å². The molecule has 1 rings (SSSR count). The number of ether oxygens (including phenoxy) is 1. The van der Waals surface area contributed by atoms with Crippen LogP contribution in [0.15, 0.2) is 24.3 Å². The van der Waals surface area contributed by atoms with Gasteiger partial charge in [-0.2, -0.15) is 0 Å². The summed E-state index contributed by atoms with van der Waals surface area (Å²) in [6.07, 6.45) is 1.66. The fourth-order valence-electron chi connectivity index (χ4n) is 2.05. The largest absolute Gasteiger partial charge is 0.389 e. The minimum atomic E-state index is -0.521. The summed E-state index contributed by atoms with van der Waals surface area (Å²) < 4.78 is 18.3. The topological polar surface area (TPSA) is 41.5 Å². The quantitative estimate of drug-likeness (QED) is 0.651. The summed E-state index contributed by atoms with van der Waals surface area (Å²) in [5.41, 5.74) is 1.00. The zero-order valence-electron chi connectivity index (χ0n) is 13.3. The first-order chi connectivity index (χ1) is 9.99. The Bertz CT molecular complexity index is 381. The lowest BCUT2D eigenvalue weighted by molar-refractivity contribution is 0.0337. The average Bonchev–Trinajstić information content (AvgIpc) is 2.44. The van der Waals surface area contributed by atoms with E-state index in [4.69, 9.17) is 4.74 Å². The molecule has 0 saturated carbocycles. The second-order valence-electron chi connectivity index (χ2n) is 5.95. The van der Waals surface area contributed by atoms with Crippen LogP contribution in [0, 0.1) is 11.7 Å². The third-order valence-electron chi connectivity index (χ3n) is 3.41. The molecule has 0 saturated heterocycles. The Morgan fingerprint density at radius 3 is 2.48 bits per heavy atom. The van der Waals surface area contributed by atoms with Crippen molar-refractivity contribution in [2.75, 3.05) is 19.8 Å². The SMILES string of the molecule is CC(C)CCCOCC(O)CNC(C)c1ccc(F)cc1. The van der Waals surface area contributed by atoms with Crippen LogP contribution in [-0.2, 0) is 4.74 Å². The van der Waals surface area contributed by atoms with Gasteiger partial charge in [-0.1, -0.05) is 26.0 Å². The van der Waals surface area contributed by atoms with E-state index in [0.29, 0.717) is 25.7 Å². The average molecular weight is 297 g/mol. The van der Waals surface area contributed by atoms with Crippen LogP contribution in [-0.4, -0.2) is 31.0 Å². The Hall–Kier alpha value is -0.970. The Morgan fingerprint density at radius 2 is 1.86 bits per heavy atom. The van der Waals surface area contributed by atoms with Gasteiger partial charge in [-0.25, -0.2) is 4.39 Å². The molecule has 2 atom stereocenters. The first-order valence-electron chi connectivity index (χ1n) is 7.73. The van der Waals surface area contributed by atoms with Crippen molar-refractivity contribution < 1.29 is 14.2 Å². The molecule has 0 amide bonds. The van der Waals surface area contributed by atoms with Gasteiger partial charge in [0.15, 0.2) is 0 Å². The number of hydrogen-bond acceptors (Lipinski definition) is 3. The lowest BCUT2D eigenvalue weighted by Gasteiger charge is -2.17. The monoisotopic (exact) mass is 297 g/mol. The fourth-order valence-corrected chi connectivity index (χ4v) is 2.05. The maximum Gasteiger partial charge on any atom is 0.123 e. The van der Waals surface area contributed by atoms with Gasteiger partial charge < -0.3 is 15.2 Å². The first kappa shape index (κ1) is 18.1. The molecule has 0 aliphatic carbocycles. The maximum atomic E-state index is 12.8. The molecule has 1 aromatic rings. The molecule has 0 heterocycles. The van der Waals surface area contributed by atoms with Gasteiger partial charge in [0.1, 0.15) is 5.82 Å². The Balaban J connectivity index is 2.14. The summed E-state index contributed by atoms with van der Waals surface area (Å²) in [7, 11) is 0. The molecular weight excluding hydrogens is 269 g/mol. The highest BCUT2D eigenvalue weighted by Gasteiger charge is 2.09. The predicted molar refractivity (Wildman–Crippen MR) is 83.7 cm³/mol. The Labute approximate surface area is 127 Å². The molecule has 21 heavy (non-hydrogen) atoms. The molecule has 0 aromatic heterocycles. The molecule has 4 heteroatoms. The highest BCUT2D eigenvalue weighted by Crippen LogP contribution is 2.12. The van der Waals surface area contributed by atoms with E-state index in [9.17, 15) is 9.50 Å². The predicted octanol–water partition coefficient (Wildman–Crippen LogP) is 3.29. The van der Waals surface area contributed by atoms with E-state index in [1.165, 1.54) is 12.1 Å². The van der Waals surface area contributed by atoms with E-state index in [1.807, 2.05) is 6.92 Å². The summed E-state index contributed by atoms with van der Waals surface area (Å²) in [4.78, 5) is 0. The number of halogens is 1. The number of aliphatic hydroxyl groups is 1. The van der Waals surface area contributed by atoms with E-state index in [0.717, 1.165) is 18.4 Å². The summed E-state index contributed by atoms with van der Waals surface area (Å²) in [5, 5.41) is 13.1. The molecule has 0 aliphatic heterocycles. The number of aliphatic hydroxyl groups excluding tert-OH is 1. The molecule has 0 spiro atoms. The van der Waals surface area contributed by atoms with Crippen molar-refractivity contribution >= 4 is 0 Å². The van der Waals surface area contributed by atoms with Gasteiger partial charge in [0.25, 0.3) is 0 Å². The summed E-state index contributed by atoms with van der Waals surface area (Å²) in [6, 6.07) is 6.47. The van der Waals surface area contributed by atoms with Gasteiger partial charge in [0.2, 0.25) is 0 Å². The first-order valence-corrected chi connectivity index (χ1v) is 7.73. The van der Waals surface area contributed by atoms with Crippen LogP contribution in [0.3, 0.4) is 0 Å². The normalized spacial score (nSPS) is 14.4. The van der Waals surface area contributed by atoms with Crippen LogP contribution >= 0.6 is 0 Å². The van der Waals surface area contributed by atoms with Crippen LogP contribution in [0.25, 0.3) is 0 Å². The highest BCUT2D eigenvalue weighted by atomic mass is 19.1. The fraction of sp³-hybridized carbons (Fsp3) is 0.647. The molecule has 0 aliphatic rings. The second kappa shape index (κ2) is 9.87. The Morgan fingerprint density at radius 1 is 1.19 bits per heavy atom. The van der Waals surface area contributed by atoms with Crippen molar-refractivity contribution in [2.24, 2.45) is 5.92 Å². The highest BCUT2D eigenvalue weighted by molar-refractivity contribution is 5.19. The van der Waals surface area contributed by atoms with Gasteiger partial charge in [0, 0.05) is 19.2 Å². The standard InChI is InChI=1S/C17H28FNO2/c1-13(2)5-4-10-21-12-17(20)11-19-14(3)15-6-8-16(18)9-7-15/h6-9,13-14,17,19-20H,4-5,10-12H2,1-3H3. The van der Waals surface area contributed by atoms with Crippen LogP contribution in [0.2, 0.25) is 0 Å². The van der Waals surface area contributed by atoms with Gasteiger partial charge in [-0.3, -0.25) is 0 Å². The van der Waals surface area contributed by atoms with E-state index < -0.39 is 6.10 Å². The van der Waals surface area contributed by atoms with Crippen molar-refractivity contribution in [3.63, 3.8) is 0 Å². The van der Waals surface area contributed by atoms with Gasteiger partial charge in [0.05, 0.1) is 12.7 Å². The van der Waals surface area contributed by atoms with Crippen LogP contribution < -0.4 is 5.32 Å². The van der Waals surface area contributed by atoms with Crippen molar-refractivity contribution in [3.8, 4) is 0 Å². The van der Waals surface area contributed by atoms with E-state index in [2.05, 4.69) is 19.2 Å². The van der Waals surface area contributed by atoms with E-state index in [-0.39, 0.29) is 11.9 Å². The van der Waals surface area contributed by atoms with Crippen molar-refractivity contribution in [3.05, 3.63) is 35.6 Å².